The van der Waals surface area contributed by atoms with Crippen LogP contribution in [0.1, 0.15) is 38.2 Å². The zero-order valence-electron chi connectivity index (χ0n) is 11.7. The second-order valence-corrected chi connectivity index (χ2v) is 5.38. The third kappa shape index (κ3) is 2.87. The lowest BCUT2D eigenvalue weighted by molar-refractivity contribution is 0.0527. The number of carbonyl (C=O) groups excluding carboxylic acids is 2. The standard InChI is InChI=1S/C12H14N4O4S/c1-4-19-12(18)7-5(2)6(3)21-11(7)14-10(17)8-9(13)16-20-15-8/h4H2,1-3H3,(H2,13,16)(H,14,17). The van der Waals surface area contributed by atoms with Crippen LogP contribution < -0.4 is 11.1 Å². The number of hydrogen-bond acceptors (Lipinski definition) is 8. The van der Waals surface area contributed by atoms with Gasteiger partial charge in [-0.15, -0.1) is 11.3 Å². The van der Waals surface area contributed by atoms with Gasteiger partial charge in [0.05, 0.1) is 12.2 Å². The number of nitrogens with one attached hydrogen (secondary N) is 1. The third-order valence-electron chi connectivity index (χ3n) is 2.82. The van der Waals surface area contributed by atoms with Crippen molar-refractivity contribution >= 4 is 34.0 Å². The van der Waals surface area contributed by atoms with Crippen LogP contribution in [0.2, 0.25) is 0 Å². The third-order valence-corrected chi connectivity index (χ3v) is 3.94. The van der Waals surface area contributed by atoms with Crippen molar-refractivity contribution in [2.45, 2.75) is 20.8 Å². The van der Waals surface area contributed by atoms with Crippen LogP contribution in [0.15, 0.2) is 4.63 Å². The van der Waals surface area contributed by atoms with Gasteiger partial charge in [-0.05, 0) is 36.6 Å². The van der Waals surface area contributed by atoms with E-state index in [0.717, 1.165) is 10.4 Å². The number of nitrogen functional groups attached to an aromatic ring is 1. The summed E-state index contributed by atoms with van der Waals surface area (Å²) < 4.78 is 9.38. The Morgan fingerprint density at radius 2 is 2.10 bits per heavy atom. The number of aryl methyl sites for hydroxylation is 1. The average Bonchev–Trinajstić information content (AvgIpc) is 2.95. The Bertz CT molecular complexity index is 691. The molecule has 112 valence electrons. The molecule has 0 fully saturated rings. The van der Waals surface area contributed by atoms with Crippen LogP contribution in [0.5, 0.6) is 0 Å². The van der Waals surface area contributed by atoms with Gasteiger partial charge in [-0.3, -0.25) is 4.79 Å². The van der Waals surface area contributed by atoms with Gasteiger partial charge in [0.25, 0.3) is 5.91 Å². The van der Waals surface area contributed by atoms with Crippen molar-refractivity contribution in [2.24, 2.45) is 0 Å². The highest BCUT2D eigenvalue weighted by Gasteiger charge is 2.24. The molecule has 21 heavy (non-hydrogen) atoms. The molecule has 3 N–H and O–H groups in total. The summed E-state index contributed by atoms with van der Waals surface area (Å²) >= 11 is 1.27. The Hall–Kier alpha value is -2.42. The molecule has 0 aromatic carbocycles. The van der Waals surface area contributed by atoms with Crippen LogP contribution in [0, 0.1) is 13.8 Å². The van der Waals surface area contributed by atoms with Gasteiger partial charge in [0, 0.05) is 4.88 Å². The summed E-state index contributed by atoms with van der Waals surface area (Å²) in [5.41, 5.74) is 6.43. The number of hydrogen-bond donors (Lipinski definition) is 2. The zero-order valence-corrected chi connectivity index (χ0v) is 12.5. The maximum atomic E-state index is 12.1. The Kier molecular flexibility index (Phi) is 4.22. The highest BCUT2D eigenvalue weighted by atomic mass is 32.1. The molecular weight excluding hydrogens is 296 g/mol. The van der Waals surface area contributed by atoms with E-state index in [-0.39, 0.29) is 18.1 Å². The largest absolute Gasteiger partial charge is 0.462 e. The van der Waals surface area contributed by atoms with Crippen LogP contribution in [-0.4, -0.2) is 28.8 Å². The van der Waals surface area contributed by atoms with Gasteiger partial charge in [0.1, 0.15) is 5.00 Å². The minimum absolute atomic E-state index is 0.116. The first-order valence-corrected chi connectivity index (χ1v) is 6.93. The molecule has 0 unspecified atom stereocenters. The van der Waals surface area contributed by atoms with Crippen molar-refractivity contribution in [1.29, 1.82) is 0 Å². The van der Waals surface area contributed by atoms with Crippen LogP contribution in [0.25, 0.3) is 0 Å². The summed E-state index contributed by atoms with van der Waals surface area (Å²) in [5, 5.41) is 9.72. The molecule has 0 aliphatic carbocycles. The van der Waals surface area contributed by atoms with Crippen LogP contribution in [-0.2, 0) is 4.74 Å². The lowest BCUT2D eigenvalue weighted by atomic mass is 10.1. The van der Waals surface area contributed by atoms with E-state index in [1.54, 1.807) is 13.8 Å². The SMILES string of the molecule is CCOC(=O)c1c(NC(=O)c2nonc2N)sc(C)c1C. The Morgan fingerprint density at radius 3 is 2.67 bits per heavy atom. The van der Waals surface area contributed by atoms with E-state index >= 15 is 0 Å². The van der Waals surface area contributed by atoms with Gasteiger partial charge < -0.3 is 15.8 Å². The molecule has 0 atom stereocenters. The molecule has 1 amide bonds. The number of rotatable bonds is 4. The van der Waals surface area contributed by atoms with Crippen molar-refractivity contribution in [1.82, 2.24) is 10.3 Å². The predicted octanol–water partition coefficient (Wildman–Crippen LogP) is 1.76. The number of aromatic nitrogens is 2. The van der Waals surface area contributed by atoms with Crippen LogP contribution in [0.3, 0.4) is 0 Å². The van der Waals surface area contributed by atoms with Gasteiger partial charge in [-0.25, -0.2) is 9.42 Å². The van der Waals surface area contributed by atoms with Gasteiger partial charge in [0.2, 0.25) is 11.5 Å². The monoisotopic (exact) mass is 310 g/mol. The molecule has 2 aromatic rings. The minimum atomic E-state index is -0.597. The lowest BCUT2D eigenvalue weighted by Gasteiger charge is -2.05. The van der Waals surface area contributed by atoms with Gasteiger partial charge in [-0.2, -0.15) is 0 Å². The molecule has 9 heteroatoms. The normalized spacial score (nSPS) is 10.4. The average molecular weight is 310 g/mol. The second kappa shape index (κ2) is 5.92. The summed E-state index contributed by atoms with van der Waals surface area (Å²) in [5.74, 6) is -1.20. The molecule has 2 aromatic heterocycles. The van der Waals surface area contributed by atoms with E-state index in [0.29, 0.717) is 10.6 Å². The molecule has 0 saturated carbocycles. The minimum Gasteiger partial charge on any atom is -0.462 e. The second-order valence-electron chi connectivity index (χ2n) is 4.16. The predicted molar refractivity (Wildman–Crippen MR) is 76.4 cm³/mol. The number of anilines is 2. The van der Waals surface area contributed by atoms with E-state index in [4.69, 9.17) is 10.5 Å². The Morgan fingerprint density at radius 1 is 1.38 bits per heavy atom. The summed E-state index contributed by atoms with van der Waals surface area (Å²) in [7, 11) is 0. The quantitative estimate of drug-likeness (QED) is 0.825. The summed E-state index contributed by atoms with van der Waals surface area (Å²) in [6, 6.07) is 0. The lowest BCUT2D eigenvalue weighted by Crippen LogP contribution is -2.16. The van der Waals surface area contributed by atoms with Crippen molar-refractivity contribution in [3.63, 3.8) is 0 Å². The molecule has 0 aliphatic heterocycles. The first-order chi connectivity index (χ1) is 9.95. The van der Waals surface area contributed by atoms with Crippen LogP contribution in [0.4, 0.5) is 10.8 Å². The van der Waals surface area contributed by atoms with Crippen molar-refractivity contribution in [3.05, 3.63) is 21.7 Å². The fourth-order valence-corrected chi connectivity index (χ4v) is 2.72. The molecule has 2 rings (SSSR count). The molecule has 8 nitrogen and oxygen atoms in total. The number of amides is 1. The summed E-state index contributed by atoms with van der Waals surface area (Å²) in [6.07, 6.45) is 0. The fraction of sp³-hybridized carbons (Fsp3) is 0.333. The summed E-state index contributed by atoms with van der Waals surface area (Å²) in [6.45, 7) is 5.61. The maximum Gasteiger partial charge on any atom is 0.341 e. The number of carbonyl (C=O) groups is 2. The number of nitrogens with zero attached hydrogens (tertiary/aromatic N) is 2. The summed E-state index contributed by atoms with van der Waals surface area (Å²) in [4.78, 5) is 24.9. The number of nitrogens with two attached hydrogens (primary N) is 1. The number of esters is 1. The topological polar surface area (TPSA) is 120 Å². The van der Waals surface area contributed by atoms with Gasteiger partial charge in [0.15, 0.2) is 0 Å². The Labute approximate surface area is 124 Å². The molecule has 0 spiro atoms. The molecule has 2 heterocycles. The molecule has 0 saturated heterocycles. The van der Waals surface area contributed by atoms with E-state index in [2.05, 4.69) is 20.3 Å². The van der Waals surface area contributed by atoms with Crippen molar-refractivity contribution in [3.8, 4) is 0 Å². The molecule has 0 radical (unpaired) electrons. The maximum absolute atomic E-state index is 12.1. The van der Waals surface area contributed by atoms with E-state index < -0.39 is 11.9 Å². The number of thiophene rings is 1. The fourth-order valence-electron chi connectivity index (χ4n) is 1.68. The molecular formula is C12H14N4O4S. The van der Waals surface area contributed by atoms with E-state index in [1.165, 1.54) is 11.3 Å². The van der Waals surface area contributed by atoms with Gasteiger partial charge >= 0.3 is 5.97 Å². The smallest absolute Gasteiger partial charge is 0.341 e. The first-order valence-electron chi connectivity index (χ1n) is 6.12. The van der Waals surface area contributed by atoms with E-state index in [9.17, 15) is 9.59 Å². The van der Waals surface area contributed by atoms with E-state index in [1.807, 2.05) is 6.92 Å². The van der Waals surface area contributed by atoms with Crippen molar-refractivity contribution in [2.75, 3.05) is 17.7 Å². The van der Waals surface area contributed by atoms with Crippen molar-refractivity contribution < 1.29 is 19.0 Å². The molecule has 0 bridgehead atoms. The zero-order chi connectivity index (χ0) is 15.6. The highest BCUT2D eigenvalue weighted by molar-refractivity contribution is 7.16. The molecule has 0 aliphatic rings. The first kappa shape index (κ1) is 15.0. The van der Waals surface area contributed by atoms with Gasteiger partial charge in [-0.1, -0.05) is 0 Å². The van der Waals surface area contributed by atoms with Crippen LogP contribution >= 0.6 is 11.3 Å². The number of ether oxygens (including phenoxy) is 1. The highest BCUT2D eigenvalue weighted by Crippen LogP contribution is 2.33. The Balaban J connectivity index is 2.32.